The van der Waals surface area contributed by atoms with Gasteiger partial charge in [-0.3, -0.25) is 9.59 Å². The first-order valence-corrected chi connectivity index (χ1v) is 15.6. The molecule has 40 heavy (non-hydrogen) atoms. The molecule has 1 fully saturated rings. The average Bonchev–Trinajstić information content (AvgIpc) is 2.90. The maximum Gasteiger partial charge on any atom is 0.255 e. The summed E-state index contributed by atoms with van der Waals surface area (Å²) >= 11 is 13.0. The van der Waals surface area contributed by atoms with Crippen LogP contribution in [0.15, 0.2) is 66.5 Å². The van der Waals surface area contributed by atoms with E-state index in [0.29, 0.717) is 45.2 Å². The van der Waals surface area contributed by atoms with Crippen molar-refractivity contribution in [3.8, 4) is 0 Å². The van der Waals surface area contributed by atoms with Crippen LogP contribution >= 0.6 is 23.2 Å². The smallest absolute Gasteiger partial charge is 0.255 e. The predicted octanol–water partition coefficient (Wildman–Crippen LogP) is 3.57. The van der Waals surface area contributed by atoms with E-state index in [0.717, 1.165) is 19.1 Å². The topological polar surface area (TPSA) is 148 Å². The monoisotopic (exact) mass is 605 g/mol. The van der Waals surface area contributed by atoms with Crippen LogP contribution in [0.2, 0.25) is 10.0 Å². The van der Waals surface area contributed by atoms with Crippen LogP contribution in [0.25, 0.3) is 0 Å². The highest BCUT2D eigenvalue weighted by Gasteiger charge is 2.49. The summed E-state index contributed by atoms with van der Waals surface area (Å²) < 4.78 is 27.4. The lowest BCUT2D eigenvalue weighted by Crippen LogP contribution is -2.59. The second kappa shape index (κ2) is 12.6. The van der Waals surface area contributed by atoms with Crippen molar-refractivity contribution in [2.75, 3.05) is 12.8 Å². The summed E-state index contributed by atoms with van der Waals surface area (Å²) in [5.74, 6) is -1.51. The summed E-state index contributed by atoms with van der Waals surface area (Å²) in [6.45, 7) is 0.110. The van der Waals surface area contributed by atoms with Crippen LogP contribution in [0.5, 0.6) is 0 Å². The first-order valence-electron chi connectivity index (χ1n) is 13.0. The number of amides is 2. The van der Waals surface area contributed by atoms with Gasteiger partial charge in [-0.05, 0) is 66.2 Å². The molecule has 1 saturated carbocycles. The summed E-state index contributed by atoms with van der Waals surface area (Å²) in [5, 5.41) is 3.64. The van der Waals surface area contributed by atoms with Crippen molar-refractivity contribution in [1.29, 1.82) is 0 Å². The highest BCUT2D eigenvalue weighted by Crippen LogP contribution is 2.47. The number of carbonyl (C=O) groups excluding carboxylic acids is 2. The molecule has 1 aliphatic heterocycles. The van der Waals surface area contributed by atoms with Gasteiger partial charge < -0.3 is 21.7 Å². The van der Waals surface area contributed by atoms with Crippen molar-refractivity contribution in [3.63, 3.8) is 0 Å². The zero-order valence-electron chi connectivity index (χ0n) is 22.0. The predicted molar refractivity (Wildman–Crippen MR) is 157 cm³/mol. The fraction of sp³-hybridized carbons (Fsp3) is 0.357. The van der Waals surface area contributed by atoms with E-state index >= 15 is 0 Å². The highest BCUT2D eigenvalue weighted by molar-refractivity contribution is 7.88. The molecule has 0 radical (unpaired) electrons. The van der Waals surface area contributed by atoms with Crippen LogP contribution in [-0.4, -0.2) is 50.0 Å². The van der Waals surface area contributed by atoms with E-state index in [9.17, 15) is 18.0 Å². The zero-order valence-corrected chi connectivity index (χ0v) is 24.3. The van der Waals surface area contributed by atoms with Crippen molar-refractivity contribution in [1.82, 2.24) is 14.9 Å². The van der Waals surface area contributed by atoms with Gasteiger partial charge in [0.25, 0.3) is 5.91 Å². The first kappa shape index (κ1) is 29.9. The molecule has 1 aliphatic carbocycles. The molecular weight excluding hydrogens is 573 g/mol. The molecule has 2 aliphatic rings. The van der Waals surface area contributed by atoms with E-state index < -0.39 is 34.1 Å². The second-order valence-electron chi connectivity index (χ2n) is 10.1. The third kappa shape index (κ3) is 6.46. The number of carbonyl (C=O) groups is 2. The fourth-order valence-electron chi connectivity index (χ4n) is 5.72. The Morgan fingerprint density at radius 3 is 2.50 bits per heavy atom. The van der Waals surface area contributed by atoms with Crippen LogP contribution < -0.4 is 21.5 Å². The number of nitrogens with one attached hydrogen (secondary N) is 2. The number of benzene rings is 2. The fourth-order valence-corrected chi connectivity index (χ4v) is 7.07. The quantitative estimate of drug-likeness (QED) is 0.338. The van der Waals surface area contributed by atoms with E-state index in [1.165, 1.54) is 12.4 Å². The van der Waals surface area contributed by atoms with E-state index in [1.807, 2.05) is 0 Å². The molecule has 0 saturated heterocycles. The Labute approximate surface area is 244 Å². The first-order chi connectivity index (χ1) is 19.1. The van der Waals surface area contributed by atoms with Crippen LogP contribution in [0, 0.1) is 0 Å². The molecule has 12 heteroatoms. The minimum Gasteiger partial charge on any atom is -0.405 e. The molecule has 4 atom stereocenters. The van der Waals surface area contributed by atoms with E-state index in [1.54, 1.807) is 53.4 Å². The lowest BCUT2D eigenvalue weighted by molar-refractivity contribution is -0.124. The molecular formula is C28H33Cl2N5O4S. The van der Waals surface area contributed by atoms with Crippen molar-refractivity contribution >= 4 is 45.0 Å². The van der Waals surface area contributed by atoms with Gasteiger partial charge in [0.2, 0.25) is 15.9 Å². The van der Waals surface area contributed by atoms with Gasteiger partial charge in [0, 0.05) is 34.2 Å². The standard InChI is InChI=1S/C28H33Cl2N5O4S/c1-40(38,39)34-23-8-4-5-9-24(23)35-26(21-11-10-18(29)14-22(21)30)25(19-6-2-3-7-20(19)28(35)37)27(36)33-16-17(15-32)12-13-31/h2-3,6-7,10-15,23-26,34H,4-5,8-9,16,31-32H2,1H3,(H,33,36)/b13-12-,17-15+/t23-,24-,25+,26-/m0/s1. The van der Waals surface area contributed by atoms with Crippen molar-refractivity contribution in [3.05, 3.63) is 93.2 Å². The largest absolute Gasteiger partial charge is 0.405 e. The Hall–Kier alpha value is -3.05. The highest BCUT2D eigenvalue weighted by atomic mass is 35.5. The summed E-state index contributed by atoms with van der Waals surface area (Å²) in [5.41, 5.74) is 13.3. The normalized spacial score (nSPS) is 23.7. The SMILES string of the molecule is CS(=O)(=O)N[C@H]1CCCC[C@@H]1N1C(=O)c2ccccc2[C@@H](C(=O)NCC(/C=C\N)=C/N)[C@@H]1c1ccc(Cl)cc1Cl. The lowest BCUT2D eigenvalue weighted by atomic mass is 9.76. The molecule has 0 spiro atoms. The molecule has 6 N–H and O–H groups in total. The van der Waals surface area contributed by atoms with Crippen molar-refractivity contribution in [2.24, 2.45) is 11.5 Å². The maximum absolute atomic E-state index is 14.3. The molecule has 214 valence electrons. The van der Waals surface area contributed by atoms with E-state index in [4.69, 9.17) is 34.7 Å². The number of hydrogen-bond donors (Lipinski definition) is 4. The molecule has 0 bridgehead atoms. The van der Waals surface area contributed by atoms with Gasteiger partial charge in [0.05, 0.1) is 18.2 Å². The number of halogens is 2. The zero-order chi connectivity index (χ0) is 29.0. The van der Waals surface area contributed by atoms with Gasteiger partial charge in [-0.1, -0.05) is 60.3 Å². The third-order valence-corrected chi connectivity index (χ3v) is 8.68. The van der Waals surface area contributed by atoms with Crippen molar-refractivity contribution in [2.45, 2.75) is 49.7 Å². The van der Waals surface area contributed by atoms with Crippen LogP contribution in [-0.2, 0) is 14.8 Å². The summed E-state index contributed by atoms with van der Waals surface area (Å²) in [7, 11) is -3.57. The van der Waals surface area contributed by atoms with Gasteiger partial charge in [-0.15, -0.1) is 0 Å². The minimum atomic E-state index is -3.57. The molecule has 2 aromatic rings. The second-order valence-corrected chi connectivity index (χ2v) is 12.7. The summed E-state index contributed by atoms with van der Waals surface area (Å²) in [6.07, 6.45) is 8.08. The van der Waals surface area contributed by atoms with Gasteiger partial charge in [0.15, 0.2) is 0 Å². The molecule has 4 rings (SSSR count). The minimum absolute atomic E-state index is 0.110. The molecule has 0 aromatic heterocycles. The number of hydrogen-bond acceptors (Lipinski definition) is 6. The van der Waals surface area contributed by atoms with Crippen LogP contribution in [0.4, 0.5) is 0 Å². The van der Waals surface area contributed by atoms with Gasteiger partial charge in [-0.2, -0.15) is 0 Å². The van der Waals surface area contributed by atoms with Gasteiger partial charge in [-0.25, -0.2) is 13.1 Å². The Kier molecular flexibility index (Phi) is 9.45. The summed E-state index contributed by atoms with van der Waals surface area (Å²) in [4.78, 5) is 29.9. The molecule has 1 heterocycles. The Bertz CT molecular complexity index is 1450. The molecule has 2 aromatic carbocycles. The third-order valence-electron chi connectivity index (χ3n) is 7.38. The average molecular weight is 607 g/mol. The molecule has 9 nitrogen and oxygen atoms in total. The summed E-state index contributed by atoms with van der Waals surface area (Å²) in [6, 6.07) is 10.0. The van der Waals surface area contributed by atoms with Crippen molar-refractivity contribution < 1.29 is 18.0 Å². The van der Waals surface area contributed by atoms with Crippen LogP contribution in [0.3, 0.4) is 0 Å². The Balaban J connectivity index is 1.89. The van der Waals surface area contributed by atoms with Crippen LogP contribution in [0.1, 0.15) is 59.1 Å². The lowest BCUT2D eigenvalue weighted by Gasteiger charge is -2.49. The van der Waals surface area contributed by atoms with E-state index in [2.05, 4.69) is 10.0 Å². The molecule has 2 amide bonds. The Morgan fingerprint density at radius 2 is 1.82 bits per heavy atom. The number of nitrogens with zero attached hydrogens (tertiary/aromatic N) is 1. The number of fused-ring (bicyclic) bond motifs is 1. The van der Waals surface area contributed by atoms with Gasteiger partial charge in [0.1, 0.15) is 0 Å². The van der Waals surface area contributed by atoms with Gasteiger partial charge >= 0.3 is 0 Å². The molecule has 0 unspecified atom stereocenters. The Morgan fingerprint density at radius 1 is 1.10 bits per heavy atom. The maximum atomic E-state index is 14.3. The number of rotatable bonds is 8. The number of nitrogens with two attached hydrogens (primary N) is 2. The van der Waals surface area contributed by atoms with E-state index in [-0.39, 0.29) is 18.4 Å². The number of sulfonamides is 1.